The minimum absolute atomic E-state index is 0.00424. The fourth-order valence-corrected chi connectivity index (χ4v) is 7.40. The zero-order chi connectivity index (χ0) is 57.1. The molecule has 0 saturated carbocycles. The van der Waals surface area contributed by atoms with E-state index in [4.69, 9.17) is 69.4 Å². The topological polar surface area (TPSA) is 360 Å². The lowest BCUT2D eigenvalue weighted by molar-refractivity contribution is -0.195. The van der Waals surface area contributed by atoms with E-state index in [0.717, 1.165) is 32.3 Å². The van der Waals surface area contributed by atoms with Crippen molar-refractivity contribution in [2.45, 2.75) is 167 Å². The van der Waals surface area contributed by atoms with Crippen LogP contribution in [0.25, 0.3) is 0 Å². The van der Waals surface area contributed by atoms with Crippen molar-refractivity contribution in [3.8, 4) is 0 Å². The fourth-order valence-electron chi connectivity index (χ4n) is 7.40. The number of aliphatic hydroxyl groups excluding tert-OH is 1. The molecule has 0 radical (unpaired) electrons. The maximum absolute atomic E-state index is 12.8. The number of aromatic nitrogens is 2. The monoisotopic (exact) mass is 1100 g/mol. The van der Waals surface area contributed by atoms with Crippen LogP contribution in [-0.4, -0.2) is 171 Å². The average molecular weight is 1100 g/mol. The summed E-state index contributed by atoms with van der Waals surface area (Å²) >= 11 is 0. The summed E-state index contributed by atoms with van der Waals surface area (Å²) in [7, 11) is 0. The highest BCUT2D eigenvalue weighted by Gasteiger charge is 2.39. The molecule has 1 aromatic rings. The van der Waals surface area contributed by atoms with Crippen molar-refractivity contribution in [3.63, 3.8) is 0 Å². The number of carbonyl (C=O) groups is 5. The number of hydrogen-bond donors (Lipinski definition) is 8. The Kier molecular flexibility index (Phi) is 40.5. The van der Waals surface area contributed by atoms with Crippen molar-refractivity contribution in [1.82, 2.24) is 20.2 Å². The van der Waals surface area contributed by atoms with E-state index in [2.05, 4.69) is 29.1 Å². The number of rotatable bonds is 36. The summed E-state index contributed by atoms with van der Waals surface area (Å²) in [5.74, 6) is -2.90. The molecule has 0 spiro atoms. The molecule has 2 fully saturated rings. The number of nitrogens with one attached hydrogen (secondary N) is 3. The molecule has 25 heteroatoms. The van der Waals surface area contributed by atoms with Crippen molar-refractivity contribution in [2.24, 2.45) is 11.5 Å². The SMILES string of the molecule is C=C(O)CCOCCOCC.CC1CCCC(NC(=O)C2=CCCC(OC(C(N)=O)C3CCC(n4ccc(=O)[nH]c4=O)O3)O2)C(=O)N1.CCCCCCCCCC(=O)O.NCCOCCOCCOCCOCCC(=O)O. The Morgan fingerprint density at radius 3 is 1.92 bits per heavy atom. The molecule has 442 valence electrons. The van der Waals surface area contributed by atoms with Gasteiger partial charge in [0.2, 0.25) is 18.1 Å². The van der Waals surface area contributed by atoms with Crippen LogP contribution in [0.3, 0.4) is 0 Å². The lowest BCUT2D eigenvalue weighted by atomic mass is 10.1. The van der Waals surface area contributed by atoms with Crippen LogP contribution in [0.5, 0.6) is 0 Å². The molecule has 0 bridgehead atoms. The van der Waals surface area contributed by atoms with Crippen LogP contribution in [0.1, 0.15) is 136 Å². The number of carbonyl (C=O) groups excluding carboxylic acids is 3. The van der Waals surface area contributed by atoms with E-state index in [9.17, 15) is 33.6 Å². The Balaban J connectivity index is 0.000000601. The van der Waals surface area contributed by atoms with E-state index in [0.29, 0.717) is 118 Å². The third-order valence-electron chi connectivity index (χ3n) is 11.4. The summed E-state index contributed by atoms with van der Waals surface area (Å²) in [5, 5.41) is 30.9. The van der Waals surface area contributed by atoms with Gasteiger partial charge in [0.05, 0.1) is 91.0 Å². The molecule has 3 aliphatic rings. The van der Waals surface area contributed by atoms with Gasteiger partial charge in [-0.15, -0.1) is 0 Å². The van der Waals surface area contributed by atoms with Gasteiger partial charge in [0.25, 0.3) is 11.5 Å². The summed E-state index contributed by atoms with van der Waals surface area (Å²) in [5.41, 5.74) is 9.66. The molecular weight excluding hydrogens is 1010 g/mol. The van der Waals surface area contributed by atoms with Crippen LogP contribution in [0.15, 0.2) is 46.0 Å². The van der Waals surface area contributed by atoms with Gasteiger partial charge in [0.1, 0.15) is 12.3 Å². The lowest BCUT2D eigenvalue weighted by Gasteiger charge is -2.30. The molecule has 0 aromatic carbocycles. The Hall–Kier alpha value is -5.25. The number of carboxylic acids is 2. The van der Waals surface area contributed by atoms with Crippen LogP contribution in [0, 0.1) is 0 Å². The Morgan fingerprint density at radius 1 is 0.766 bits per heavy atom. The Morgan fingerprint density at radius 2 is 1.35 bits per heavy atom. The number of aliphatic carboxylic acids is 2. The number of ether oxygens (including phenoxy) is 9. The van der Waals surface area contributed by atoms with E-state index in [1.807, 2.05) is 13.8 Å². The van der Waals surface area contributed by atoms with E-state index >= 15 is 0 Å². The first kappa shape index (κ1) is 69.8. The third-order valence-corrected chi connectivity index (χ3v) is 11.4. The second-order valence-electron chi connectivity index (χ2n) is 18.0. The number of H-pyrrole nitrogens is 1. The van der Waals surface area contributed by atoms with Gasteiger partial charge in [-0.1, -0.05) is 52.0 Å². The smallest absolute Gasteiger partial charge is 0.330 e. The Bertz CT molecular complexity index is 1950. The normalized spacial score (nSPS) is 19.2. The van der Waals surface area contributed by atoms with E-state index < -0.39 is 65.8 Å². The molecular formula is C52H90N6O19. The van der Waals surface area contributed by atoms with Gasteiger partial charge in [0.15, 0.2) is 11.9 Å². The largest absolute Gasteiger partial charge is 0.513 e. The molecule has 3 aliphatic heterocycles. The zero-order valence-corrected chi connectivity index (χ0v) is 45.6. The van der Waals surface area contributed by atoms with Crippen molar-refractivity contribution in [1.29, 1.82) is 0 Å². The second kappa shape index (κ2) is 44.7. The molecule has 4 rings (SSSR count). The van der Waals surface area contributed by atoms with Gasteiger partial charge in [-0.3, -0.25) is 38.3 Å². The lowest BCUT2D eigenvalue weighted by Crippen LogP contribution is -2.48. The number of amides is 3. The van der Waals surface area contributed by atoms with E-state index in [-0.39, 0.29) is 36.5 Å². The maximum Gasteiger partial charge on any atom is 0.330 e. The molecule has 6 unspecified atom stereocenters. The molecule has 2 saturated heterocycles. The summed E-state index contributed by atoms with van der Waals surface area (Å²) in [6.07, 6.45) is 12.3. The number of hydrogen-bond acceptors (Lipinski definition) is 18. The number of unbranched alkanes of at least 4 members (excludes halogenated alkanes) is 6. The summed E-state index contributed by atoms with van der Waals surface area (Å²) in [4.78, 5) is 83.1. The van der Waals surface area contributed by atoms with Crippen LogP contribution >= 0.6 is 0 Å². The van der Waals surface area contributed by atoms with Crippen molar-refractivity contribution >= 4 is 29.7 Å². The maximum atomic E-state index is 12.8. The molecule has 10 N–H and O–H groups in total. The molecule has 3 amide bonds. The number of nitrogens with zero attached hydrogens (tertiary/aromatic N) is 1. The van der Waals surface area contributed by atoms with Crippen molar-refractivity contribution in [3.05, 3.63) is 57.3 Å². The number of primary amides is 1. The minimum Gasteiger partial charge on any atom is -0.513 e. The minimum atomic E-state index is -1.19. The number of carboxylic acid groups (broad SMARTS) is 2. The molecule has 77 heavy (non-hydrogen) atoms. The quantitative estimate of drug-likeness (QED) is 0.0352. The molecule has 0 aliphatic carbocycles. The standard InChI is InChI=1S/C23H31N5O8.C11H23NO6.C10H20O2.C8H16O3/c1-12-4-2-5-13(21(31)25-12)26-22(32)15-6-3-7-18(35-15)36-19(20(24)30)14-8-9-17(34-14)28-11-10-16(29)27-23(28)33;12-2-4-16-6-8-18-10-9-17-7-5-15-3-1-11(13)14;1-2-3-4-5-6-7-8-9-10(11)12;1-3-10-6-7-11-5-4-8(2)9/h6,10-14,17-19H,2-5,7-9H2,1H3,(H2,24,30)(H,25,31)(H,26,32)(H,27,29,33);1-10,12H2,(H,13,14);2-9H2,1H3,(H,11,12);9H,2-7H2,1H3. The first-order valence-corrected chi connectivity index (χ1v) is 26.9. The zero-order valence-electron chi connectivity index (χ0n) is 45.6. The second-order valence-corrected chi connectivity index (χ2v) is 18.0. The fraction of sp³-hybridized carbons (Fsp3) is 0.750. The highest BCUT2D eigenvalue weighted by Crippen LogP contribution is 2.31. The first-order chi connectivity index (χ1) is 37.0. The van der Waals surface area contributed by atoms with Crippen LogP contribution in [0.4, 0.5) is 0 Å². The molecule has 4 heterocycles. The number of nitrogens with two attached hydrogens (primary N) is 2. The molecule has 25 nitrogen and oxygen atoms in total. The van der Waals surface area contributed by atoms with Gasteiger partial charge in [-0.2, -0.15) is 0 Å². The van der Waals surface area contributed by atoms with Gasteiger partial charge in [-0.05, 0) is 64.9 Å². The predicted molar refractivity (Wildman–Crippen MR) is 283 cm³/mol. The third kappa shape index (κ3) is 35.7. The average Bonchev–Trinajstić information content (AvgIpc) is 3.81. The predicted octanol–water partition coefficient (Wildman–Crippen LogP) is 3.48. The Labute approximate surface area is 452 Å². The van der Waals surface area contributed by atoms with Gasteiger partial charge in [-0.25, -0.2) is 4.79 Å². The highest BCUT2D eigenvalue weighted by atomic mass is 16.7. The molecule has 6 atom stereocenters. The number of aromatic amines is 1. The van der Waals surface area contributed by atoms with E-state index in [1.54, 1.807) is 6.08 Å². The summed E-state index contributed by atoms with van der Waals surface area (Å²) in [6, 6.07) is 0.592. The van der Waals surface area contributed by atoms with Crippen molar-refractivity contribution < 1.29 is 81.9 Å². The van der Waals surface area contributed by atoms with Crippen LogP contribution < -0.4 is 33.3 Å². The summed E-state index contributed by atoms with van der Waals surface area (Å²) in [6.45, 7) is 16.0. The van der Waals surface area contributed by atoms with E-state index in [1.165, 1.54) is 48.9 Å². The molecule has 1 aromatic heterocycles. The first-order valence-electron chi connectivity index (χ1n) is 26.9. The highest BCUT2D eigenvalue weighted by molar-refractivity contribution is 5.95. The van der Waals surface area contributed by atoms with Gasteiger partial charge >= 0.3 is 17.6 Å². The number of aliphatic hydroxyl groups is 1. The van der Waals surface area contributed by atoms with Gasteiger partial charge < -0.3 is 80.1 Å². The van der Waals surface area contributed by atoms with Crippen LogP contribution in [0.2, 0.25) is 0 Å². The number of allylic oxidation sites excluding steroid dienone is 1. The van der Waals surface area contributed by atoms with Crippen LogP contribution in [-0.2, 0) is 66.6 Å². The van der Waals surface area contributed by atoms with Crippen molar-refractivity contribution in [2.75, 3.05) is 85.8 Å². The van der Waals surface area contributed by atoms with Gasteiger partial charge in [0, 0.05) is 50.7 Å². The summed E-state index contributed by atoms with van der Waals surface area (Å²) < 4.78 is 49.3.